The molecule has 10 heteroatoms. The highest BCUT2D eigenvalue weighted by atomic mass is 32.2. The van der Waals surface area contributed by atoms with Gasteiger partial charge in [-0.2, -0.15) is 0 Å². The van der Waals surface area contributed by atoms with Gasteiger partial charge >= 0.3 is 0 Å². The summed E-state index contributed by atoms with van der Waals surface area (Å²) in [5, 5.41) is 0. The molecule has 0 saturated heterocycles. The molecule has 0 fully saturated rings. The third-order valence-corrected chi connectivity index (χ3v) is 4.25. The maximum Gasteiger partial charge on any atom is 0.238 e. The van der Waals surface area contributed by atoms with E-state index in [0.29, 0.717) is 5.82 Å². The normalized spacial score (nSPS) is 11.4. The number of rotatable bonds is 5. The van der Waals surface area contributed by atoms with Crippen LogP contribution < -0.4 is 4.72 Å². The van der Waals surface area contributed by atoms with Crippen molar-refractivity contribution in [3.8, 4) is 5.82 Å². The van der Waals surface area contributed by atoms with E-state index in [1.54, 1.807) is 17.0 Å². The monoisotopic (exact) mass is 351 g/mol. The Bertz CT molecular complexity index is 961. The van der Waals surface area contributed by atoms with Crippen LogP contribution in [0.2, 0.25) is 0 Å². The van der Waals surface area contributed by atoms with E-state index in [1.165, 1.54) is 18.7 Å². The average Bonchev–Trinajstić information content (AvgIpc) is 3.05. The van der Waals surface area contributed by atoms with E-state index in [2.05, 4.69) is 19.7 Å². The van der Waals surface area contributed by atoms with E-state index in [-0.39, 0.29) is 11.4 Å². The summed E-state index contributed by atoms with van der Waals surface area (Å²) in [5.74, 6) is -1.83. The molecule has 0 aliphatic rings. The topological polar surface area (TPSA) is 89.8 Å². The number of hydrogen-bond acceptors (Lipinski definition) is 5. The van der Waals surface area contributed by atoms with Crippen molar-refractivity contribution >= 4 is 15.8 Å². The minimum Gasteiger partial charge on any atom is -0.290 e. The van der Waals surface area contributed by atoms with E-state index < -0.39 is 27.4 Å². The highest BCUT2D eigenvalue weighted by molar-refractivity contribution is 7.91. The summed E-state index contributed by atoms with van der Waals surface area (Å²) >= 11 is 0. The molecule has 0 spiro atoms. The van der Waals surface area contributed by atoms with Crippen LogP contribution in [0, 0.1) is 11.6 Å². The second-order valence-electron chi connectivity index (χ2n) is 4.83. The molecule has 0 amide bonds. The molecule has 0 unspecified atom stereocenters. The van der Waals surface area contributed by atoms with Crippen molar-refractivity contribution in [1.29, 1.82) is 0 Å². The zero-order valence-corrected chi connectivity index (χ0v) is 12.9. The Morgan fingerprint density at radius 3 is 2.75 bits per heavy atom. The molecule has 3 rings (SSSR count). The molecule has 124 valence electrons. The molecule has 0 aliphatic carbocycles. The average molecular weight is 351 g/mol. The molecule has 2 aromatic heterocycles. The lowest BCUT2D eigenvalue weighted by molar-refractivity contribution is 0.581. The molecule has 0 aliphatic heterocycles. The van der Waals surface area contributed by atoms with Gasteiger partial charge in [-0.3, -0.25) is 9.29 Å². The highest BCUT2D eigenvalue weighted by Gasteiger charge is 2.16. The Morgan fingerprint density at radius 1 is 1.17 bits per heavy atom. The number of sulfonamides is 1. The van der Waals surface area contributed by atoms with Crippen LogP contribution in [0.3, 0.4) is 0 Å². The lowest BCUT2D eigenvalue weighted by atomic mass is 10.2. The number of imidazole rings is 1. The van der Waals surface area contributed by atoms with Crippen LogP contribution in [0.4, 0.5) is 14.6 Å². The van der Waals surface area contributed by atoms with Gasteiger partial charge in [0.25, 0.3) is 0 Å². The molecule has 2 heterocycles. The smallest absolute Gasteiger partial charge is 0.238 e. The van der Waals surface area contributed by atoms with Crippen molar-refractivity contribution < 1.29 is 17.2 Å². The van der Waals surface area contributed by atoms with Crippen LogP contribution >= 0.6 is 0 Å². The SMILES string of the molecule is O=S(=O)(Cc1cc(F)ccc1F)Nc1cc(-n2ccnc2)ncn1. The second kappa shape index (κ2) is 6.32. The molecular formula is C14H11F2N5O2S. The number of hydrogen-bond donors (Lipinski definition) is 1. The van der Waals surface area contributed by atoms with Crippen LogP contribution in [0.1, 0.15) is 5.56 Å². The van der Waals surface area contributed by atoms with Crippen molar-refractivity contribution in [2.45, 2.75) is 5.75 Å². The number of benzene rings is 1. The standard InChI is InChI=1S/C14H11F2N5O2S/c15-11-1-2-12(16)10(5-11)7-24(22,23)20-13-6-14(19-8-18-13)21-4-3-17-9-21/h1-6,8-9H,7H2,(H,18,19,20). The van der Waals surface area contributed by atoms with Gasteiger partial charge in [0.1, 0.15) is 35.9 Å². The summed E-state index contributed by atoms with van der Waals surface area (Å²) in [6, 6.07) is 4.02. The minimum absolute atomic E-state index is 0.00510. The van der Waals surface area contributed by atoms with Crippen molar-refractivity contribution in [3.05, 3.63) is 66.5 Å². The van der Waals surface area contributed by atoms with Crippen LogP contribution in [0.25, 0.3) is 5.82 Å². The fraction of sp³-hybridized carbons (Fsp3) is 0.0714. The van der Waals surface area contributed by atoms with Crippen LogP contribution in [0.15, 0.2) is 49.3 Å². The first kappa shape index (κ1) is 16.0. The van der Waals surface area contributed by atoms with E-state index >= 15 is 0 Å². The van der Waals surface area contributed by atoms with Crippen molar-refractivity contribution in [2.24, 2.45) is 0 Å². The molecule has 3 aromatic rings. The predicted molar refractivity (Wildman–Crippen MR) is 81.8 cm³/mol. The predicted octanol–water partition coefficient (Wildman–Crippen LogP) is 1.88. The number of nitrogens with one attached hydrogen (secondary N) is 1. The van der Waals surface area contributed by atoms with E-state index in [1.807, 2.05) is 0 Å². The quantitative estimate of drug-likeness (QED) is 0.758. The number of aromatic nitrogens is 4. The third kappa shape index (κ3) is 3.71. The molecule has 0 radical (unpaired) electrons. The van der Waals surface area contributed by atoms with Gasteiger partial charge in [-0.1, -0.05) is 0 Å². The largest absolute Gasteiger partial charge is 0.290 e. The van der Waals surface area contributed by atoms with Crippen molar-refractivity contribution in [3.63, 3.8) is 0 Å². The fourth-order valence-electron chi connectivity index (χ4n) is 1.99. The summed E-state index contributed by atoms with van der Waals surface area (Å²) < 4.78 is 54.8. The van der Waals surface area contributed by atoms with Gasteiger partial charge in [-0.15, -0.1) is 0 Å². The van der Waals surface area contributed by atoms with Crippen LogP contribution in [-0.2, 0) is 15.8 Å². The van der Waals surface area contributed by atoms with E-state index in [0.717, 1.165) is 18.2 Å². The van der Waals surface area contributed by atoms with Gasteiger partial charge in [-0.05, 0) is 18.2 Å². The first-order valence-electron chi connectivity index (χ1n) is 6.68. The maximum atomic E-state index is 13.6. The maximum absolute atomic E-state index is 13.6. The van der Waals surface area contributed by atoms with E-state index in [9.17, 15) is 17.2 Å². The Hall–Kier alpha value is -2.88. The highest BCUT2D eigenvalue weighted by Crippen LogP contribution is 2.16. The molecule has 0 bridgehead atoms. The molecule has 1 N–H and O–H groups in total. The summed E-state index contributed by atoms with van der Waals surface area (Å²) in [6.07, 6.45) is 5.83. The fourth-order valence-corrected chi connectivity index (χ4v) is 3.13. The Morgan fingerprint density at radius 2 is 2.00 bits per heavy atom. The van der Waals surface area contributed by atoms with Gasteiger partial charge in [0.05, 0.1) is 5.75 Å². The van der Waals surface area contributed by atoms with Crippen LogP contribution in [0.5, 0.6) is 0 Å². The van der Waals surface area contributed by atoms with Crippen LogP contribution in [-0.4, -0.2) is 27.9 Å². The van der Waals surface area contributed by atoms with Crippen molar-refractivity contribution in [1.82, 2.24) is 19.5 Å². The van der Waals surface area contributed by atoms with Gasteiger partial charge in [-0.25, -0.2) is 32.2 Å². The number of halogens is 2. The first-order chi connectivity index (χ1) is 11.4. The second-order valence-corrected chi connectivity index (χ2v) is 6.55. The lowest BCUT2D eigenvalue weighted by Gasteiger charge is -2.09. The van der Waals surface area contributed by atoms with Gasteiger partial charge in [0, 0.05) is 24.0 Å². The zero-order valence-electron chi connectivity index (χ0n) is 12.1. The van der Waals surface area contributed by atoms with Gasteiger partial charge in [0.2, 0.25) is 10.0 Å². The Kier molecular flexibility index (Phi) is 4.21. The first-order valence-corrected chi connectivity index (χ1v) is 8.33. The van der Waals surface area contributed by atoms with Crippen molar-refractivity contribution in [2.75, 3.05) is 4.72 Å². The number of anilines is 1. The number of nitrogens with zero attached hydrogens (tertiary/aromatic N) is 4. The lowest BCUT2D eigenvalue weighted by Crippen LogP contribution is -2.17. The summed E-state index contributed by atoms with van der Waals surface area (Å²) in [4.78, 5) is 11.7. The molecule has 0 atom stereocenters. The molecular weight excluding hydrogens is 340 g/mol. The summed E-state index contributed by atoms with van der Waals surface area (Å²) in [5.41, 5.74) is -0.272. The Labute approximate surface area is 136 Å². The molecule has 7 nitrogen and oxygen atoms in total. The summed E-state index contributed by atoms with van der Waals surface area (Å²) in [6.45, 7) is 0. The van der Waals surface area contributed by atoms with Gasteiger partial charge in [0.15, 0.2) is 0 Å². The molecule has 0 saturated carbocycles. The van der Waals surface area contributed by atoms with Gasteiger partial charge < -0.3 is 0 Å². The third-order valence-electron chi connectivity index (χ3n) is 3.03. The summed E-state index contributed by atoms with van der Waals surface area (Å²) in [7, 11) is -3.98. The molecule has 1 aromatic carbocycles. The minimum atomic E-state index is -3.98. The molecule has 24 heavy (non-hydrogen) atoms. The Balaban J connectivity index is 1.82. The van der Waals surface area contributed by atoms with E-state index in [4.69, 9.17) is 0 Å². The zero-order chi connectivity index (χ0) is 17.2.